The van der Waals surface area contributed by atoms with E-state index in [1.165, 1.54) is 6.26 Å². The molecule has 3 heterocycles. The van der Waals surface area contributed by atoms with Crippen molar-refractivity contribution >= 4 is 43.7 Å². The molecular weight excluding hydrogens is 358 g/mol. The van der Waals surface area contributed by atoms with Gasteiger partial charge in [0.25, 0.3) is 0 Å². The molecule has 25 heavy (non-hydrogen) atoms. The second kappa shape index (κ2) is 5.94. The van der Waals surface area contributed by atoms with Gasteiger partial charge in [0.2, 0.25) is 0 Å². The highest BCUT2D eigenvalue weighted by atomic mass is 32.2. The Morgan fingerprint density at radius 3 is 2.80 bits per heavy atom. The summed E-state index contributed by atoms with van der Waals surface area (Å²) in [6.45, 7) is 0. The molecule has 2 N–H and O–H groups in total. The number of nitrogens with one attached hydrogen (secondary N) is 2. The lowest BCUT2D eigenvalue weighted by Gasteiger charge is -2.09. The molecule has 126 valence electrons. The molecule has 0 spiro atoms. The zero-order chi connectivity index (χ0) is 17.4. The summed E-state index contributed by atoms with van der Waals surface area (Å²) in [4.78, 5) is 10.3. The van der Waals surface area contributed by atoms with Crippen LogP contribution in [0.2, 0.25) is 0 Å². The first kappa shape index (κ1) is 15.7. The van der Waals surface area contributed by atoms with Crippen molar-refractivity contribution in [1.82, 2.24) is 20.2 Å². The van der Waals surface area contributed by atoms with Crippen molar-refractivity contribution in [3.8, 4) is 10.7 Å². The van der Waals surface area contributed by atoms with Crippen LogP contribution in [0.1, 0.15) is 0 Å². The Bertz CT molecular complexity index is 1150. The van der Waals surface area contributed by atoms with E-state index < -0.39 is 9.84 Å². The third-order valence-corrected chi connectivity index (χ3v) is 5.54. The number of thiophene rings is 1. The fourth-order valence-corrected chi connectivity index (χ4v) is 3.71. The van der Waals surface area contributed by atoms with E-state index in [1.54, 1.807) is 41.8 Å². The van der Waals surface area contributed by atoms with Gasteiger partial charge in [-0.2, -0.15) is 5.10 Å². The Balaban J connectivity index is 1.80. The van der Waals surface area contributed by atoms with Gasteiger partial charge in [-0.1, -0.05) is 12.1 Å². The molecule has 3 aromatic heterocycles. The van der Waals surface area contributed by atoms with Gasteiger partial charge in [0.1, 0.15) is 11.0 Å². The number of benzene rings is 1. The van der Waals surface area contributed by atoms with Crippen LogP contribution >= 0.6 is 11.3 Å². The molecule has 0 amide bonds. The number of rotatable bonds is 4. The maximum Gasteiger partial charge on any atom is 0.175 e. The number of H-pyrrole nitrogens is 1. The Hall–Kier alpha value is -2.78. The van der Waals surface area contributed by atoms with E-state index in [0.29, 0.717) is 28.4 Å². The predicted molar refractivity (Wildman–Crippen MR) is 97.8 cm³/mol. The summed E-state index contributed by atoms with van der Waals surface area (Å²) in [6, 6.07) is 10.5. The van der Waals surface area contributed by atoms with Gasteiger partial charge in [0, 0.05) is 11.9 Å². The maximum absolute atomic E-state index is 11.7. The summed E-state index contributed by atoms with van der Waals surface area (Å²) < 4.78 is 23.5. The number of anilines is 2. The third-order valence-electron chi connectivity index (χ3n) is 3.57. The van der Waals surface area contributed by atoms with Crippen LogP contribution in [0.5, 0.6) is 0 Å². The van der Waals surface area contributed by atoms with Crippen molar-refractivity contribution in [2.45, 2.75) is 4.90 Å². The second-order valence-corrected chi connectivity index (χ2v) is 8.39. The summed E-state index contributed by atoms with van der Waals surface area (Å²) in [5.41, 5.74) is 1.96. The van der Waals surface area contributed by atoms with Gasteiger partial charge in [0.15, 0.2) is 21.5 Å². The van der Waals surface area contributed by atoms with Crippen LogP contribution in [0.3, 0.4) is 0 Å². The number of hydrogen-bond acceptors (Lipinski definition) is 7. The molecule has 9 heteroatoms. The largest absolute Gasteiger partial charge is 0.338 e. The lowest BCUT2D eigenvalue weighted by atomic mass is 10.3. The summed E-state index contributed by atoms with van der Waals surface area (Å²) >= 11 is 1.55. The minimum atomic E-state index is -3.28. The molecule has 0 atom stereocenters. The summed E-state index contributed by atoms with van der Waals surface area (Å²) in [6.07, 6.45) is 2.81. The molecule has 4 rings (SSSR count). The van der Waals surface area contributed by atoms with Crippen LogP contribution in [0.4, 0.5) is 11.5 Å². The lowest BCUT2D eigenvalue weighted by molar-refractivity contribution is 0.602. The fraction of sp³-hybridized carbons (Fsp3) is 0.0625. The highest BCUT2D eigenvalue weighted by Gasteiger charge is 2.13. The van der Waals surface area contributed by atoms with Crippen molar-refractivity contribution in [1.29, 1.82) is 0 Å². The molecule has 0 aliphatic rings. The van der Waals surface area contributed by atoms with E-state index in [4.69, 9.17) is 0 Å². The van der Waals surface area contributed by atoms with Crippen molar-refractivity contribution in [2.24, 2.45) is 0 Å². The van der Waals surface area contributed by atoms with Gasteiger partial charge >= 0.3 is 0 Å². The zero-order valence-corrected chi connectivity index (χ0v) is 14.7. The molecule has 0 bridgehead atoms. The number of sulfone groups is 1. The Morgan fingerprint density at radius 1 is 1.16 bits per heavy atom. The number of hydrogen-bond donors (Lipinski definition) is 2. The monoisotopic (exact) mass is 371 g/mol. The van der Waals surface area contributed by atoms with E-state index in [1.807, 2.05) is 17.5 Å². The number of nitrogens with zero attached hydrogens (tertiary/aromatic N) is 3. The van der Waals surface area contributed by atoms with Crippen LogP contribution in [0.15, 0.2) is 52.9 Å². The zero-order valence-electron chi connectivity index (χ0n) is 13.1. The summed E-state index contributed by atoms with van der Waals surface area (Å²) in [5.74, 6) is 1.13. The van der Waals surface area contributed by atoms with E-state index >= 15 is 0 Å². The van der Waals surface area contributed by atoms with Crippen LogP contribution in [-0.4, -0.2) is 34.8 Å². The van der Waals surface area contributed by atoms with Gasteiger partial charge in [0.05, 0.1) is 16.0 Å². The molecule has 0 aliphatic carbocycles. The van der Waals surface area contributed by atoms with E-state index in [0.717, 1.165) is 4.88 Å². The van der Waals surface area contributed by atoms with Gasteiger partial charge < -0.3 is 5.32 Å². The van der Waals surface area contributed by atoms with E-state index in [-0.39, 0.29) is 4.90 Å². The molecule has 7 nitrogen and oxygen atoms in total. The molecule has 0 saturated heterocycles. The van der Waals surface area contributed by atoms with Crippen LogP contribution in [0.25, 0.3) is 21.7 Å². The highest BCUT2D eigenvalue weighted by Crippen LogP contribution is 2.28. The summed E-state index contributed by atoms with van der Waals surface area (Å²) in [7, 11) is -3.28. The van der Waals surface area contributed by atoms with Crippen molar-refractivity contribution < 1.29 is 8.42 Å². The van der Waals surface area contributed by atoms with Crippen molar-refractivity contribution in [2.75, 3.05) is 11.6 Å². The normalized spacial score (nSPS) is 11.7. The third kappa shape index (κ3) is 3.11. The minimum Gasteiger partial charge on any atom is -0.338 e. The quantitative estimate of drug-likeness (QED) is 0.571. The molecule has 0 aliphatic heterocycles. The van der Waals surface area contributed by atoms with Gasteiger partial charge in [-0.3, -0.25) is 5.10 Å². The lowest BCUT2D eigenvalue weighted by Crippen LogP contribution is -2.01. The first-order valence-electron chi connectivity index (χ1n) is 7.33. The molecule has 0 radical (unpaired) electrons. The average molecular weight is 371 g/mol. The average Bonchev–Trinajstić information content (AvgIpc) is 3.26. The maximum atomic E-state index is 11.7. The molecule has 0 fully saturated rings. The highest BCUT2D eigenvalue weighted by molar-refractivity contribution is 7.90. The van der Waals surface area contributed by atoms with E-state index in [9.17, 15) is 8.42 Å². The molecule has 4 aromatic rings. The van der Waals surface area contributed by atoms with Crippen LogP contribution < -0.4 is 5.32 Å². The van der Waals surface area contributed by atoms with Gasteiger partial charge in [-0.25, -0.2) is 18.4 Å². The van der Waals surface area contributed by atoms with Crippen LogP contribution in [0, 0.1) is 0 Å². The molecule has 0 saturated carbocycles. The van der Waals surface area contributed by atoms with Gasteiger partial charge in [-0.05, 0) is 29.6 Å². The summed E-state index contributed by atoms with van der Waals surface area (Å²) in [5, 5.41) is 12.0. The fourth-order valence-electron chi connectivity index (χ4n) is 2.39. The topological polar surface area (TPSA) is 101 Å². The second-order valence-electron chi connectivity index (χ2n) is 5.43. The predicted octanol–water partition coefficient (Wildman–Crippen LogP) is 3.23. The number of aromatic amines is 1. The number of fused-ring (bicyclic) bond motifs is 1. The molecular formula is C16H13N5O2S2. The Labute approximate surface area is 147 Å². The number of aromatic nitrogens is 4. The molecule has 1 aromatic carbocycles. The van der Waals surface area contributed by atoms with Gasteiger partial charge in [-0.15, -0.1) is 11.3 Å². The first-order valence-corrected chi connectivity index (χ1v) is 10.1. The van der Waals surface area contributed by atoms with Crippen molar-refractivity contribution in [3.63, 3.8) is 0 Å². The van der Waals surface area contributed by atoms with Crippen LogP contribution in [-0.2, 0) is 9.84 Å². The van der Waals surface area contributed by atoms with E-state index in [2.05, 4.69) is 25.5 Å². The van der Waals surface area contributed by atoms with Crippen molar-refractivity contribution in [3.05, 3.63) is 48.0 Å². The minimum absolute atomic E-state index is 0.242. The first-order chi connectivity index (χ1) is 12.0. The molecule has 0 unspecified atom stereocenters. The Morgan fingerprint density at radius 2 is 2.04 bits per heavy atom. The SMILES string of the molecule is CS(=O)(=O)c1cccc(Nc2nc(-c3cccs3)nc3cn[nH]c23)c1. The Kier molecular flexibility index (Phi) is 3.74. The smallest absolute Gasteiger partial charge is 0.175 e. The standard InChI is InChI=1S/C16H13N5O2S2/c1-25(22,23)11-5-2-4-10(8-11)18-16-14-12(9-17-21-14)19-15(20-16)13-6-3-7-24-13/h2-9H,1H3,(H,17,21)(H,18,19,20).